The van der Waals surface area contributed by atoms with Crippen LogP contribution in [0.1, 0.15) is 18.4 Å². The van der Waals surface area contributed by atoms with Crippen molar-refractivity contribution >= 4 is 55.7 Å². The summed E-state index contributed by atoms with van der Waals surface area (Å²) in [7, 11) is 1.63. The highest BCUT2D eigenvalue weighted by Gasteiger charge is 2.21. The smallest absolute Gasteiger partial charge is 0.239 e. The van der Waals surface area contributed by atoms with E-state index >= 15 is 0 Å². The van der Waals surface area contributed by atoms with Gasteiger partial charge in [0.25, 0.3) is 0 Å². The third-order valence-corrected chi connectivity index (χ3v) is 6.46. The number of fused-ring (bicyclic) bond motifs is 1. The summed E-state index contributed by atoms with van der Waals surface area (Å²) in [5.74, 6) is 0.707. The molecule has 0 saturated heterocycles. The number of nitrogens with one attached hydrogen (secondary N) is 1. The number of benzene rings is 1. The number of carbonyl (C=O) groups excluding carboxylic acids is 1. The van der Waals surface area contributed by atoms with E-state index in [1.165, 1.54) is 34.4 Å². The van der Waals surface area contributed by atoms with Crippen LogP contribution in [0.2, 0.25) is 0 Å². The van der Waals surface area contributed by atoms with Gasteiger partial charge in [0.05, 0.1) is 22.6 Å². The van der Waals surface area contributed by atoms with Crippen molar-refractivity contribution in [3.63, 3.8) is 0 Å². The predicted molar refractivity (Wildman–Crippen MR) is 99.4 cm³/mol. The Kier molecular flexibility index (Phi) is 5.32. The van der Waals surface area contributed by atoms with Gasteiger partial charge in [-0.2, -0.15) is 0 Å². The first-order chi connectivity index (χ1) is 11.6. The van der Waals surface area contributed by atoms with Crippen molar-refractivity contribution in [2.24, 2.45) is 0 Å². The van der Waals surface area contributed by atoms with Gasteiger partial charge in [-0.15, -0.1) is 10.2 Å². The molecule has 6 nitrogen and oxygen atoms in total. The van der Waals surface area contributed by atoms with Gasteiger partial charge in [0.1, 0.15) is 10.8 Å². The molecule has 1 unspecified atom stereocenters. The molecule has 0 aliphatic carbocycles. The number of hydrogen-bond acceptors (Lipinski definition) is 8. The molecule has 24 heavy (non-hydrogen) atoms. The quantitative estimate of drug-likeness (QED) is 0.652. The van der Waals surface area contributed by atoms with E-state index in [2.05, 4.69) is 20.5 Å². The summed E-state index contributed by atoms with van der Waals surface area (Å²) in [5.41, 5.74) is 0.844. The lowest BCUT2D eigenvalue weighted by atomic mass is 10.3. The molecule has 0 radical (unpaired) electrons. The zero-order chi connectivity index (χ0) is 17.1. The van der Waals surface area contributed by atoms with Crippen LogP contribution in [-0.4, -0.2) is 33.4 Å². The molecule has 1 amide bonds. The van der Waals surface area contributed by atoms with Crippen LogP contribution >= 0.6 is 34.4 Å². The summed E-state index contributed by atoms with van der Waals surface area (Å²) in [6.45, 7) is 3.88. The predicted octanol–water partition coefficient (Wildman–Crippen LogP) is 3.97. The van der Waals surface area contributed by atoms with E-state index in [1.807, 2.05) is 32.0 Å². The largest absolute Gasteiger partial charge is 0.497 e. The second kappa shape index (κ2) is 7.45. The van der Waals surface area contributed by atoms with Crippen molar-refractivity contribution in [2.45, 2.75) is 29.9 Å². The molecule has 126 valence electrons. The molecule has 0 aliphatic heterocycles. The van der Waals surface area contributed by atoms with E-state index in [0.29, 0.717) is 11.6 Å². The zero-order valence-corrected chi connectivity index (χ0v) is 15.8. The minimum absolute atomic E-state index is 0.0682. The number of rotatable bonds is 6. The summed E-state index contributed by atoms with van der Waals surface area (Å²) in [6, 6.07) is 5.66. The van der Waals surface area contributed by atoms with Gasteiger partial charge in [0.2, 0.25) is 5.91 Å². The van der Waals surface area contributed by atoms with Gasteiger partial charge in [0.15, 0.2) is 9.47 Å². The van der Waals surface area contributed by atoms with Crippen molar-refractivity contribution in [3.05, 3.63) is 23.2 Å². The number of ether oxygens (including phenoxy) is 1. The maximum atomic E-state index is 12.5. The van der Waals surface area contributed by atoms with Crippen LogP contribution in [0.4, 0.5) is 5.13 Å². The first-order valence-corrected chi connectivity index (χ1v) is 9.82. The van der Waals surface area contributed by atoms with Gasteiger partial charge in [-0.1, -0.05) is 41.4 Å². The number of methoxy groups -OCH3 is 1. The van der Waals surface area contributed by atoms with Gasteiger partial charge in [0, 0.05) is 0 Å². The standard InChI is InChI=1S/C15H16N4O2S3/c1-4-11(24-15-19-18-8(2)22-15)13(20)17-14-16-10-6-5-9(21-3)7-12(10)23-14/h5-7,11H,4H2,1-3H3,(H,16,17,20). The maximum Gasteiger partial charge on any atom is 0.239 e. The molecule has 0 spiro atoms. The summed E-state index contributed by atoms with van der Waals surface area (Å²) >= 11 is 4.37. The third kappa shape index (κ3) is 3.85. The molecule has 1 aromatic carbocycles. The second-order valence-corrected chi connectivity index (χ2v) is 8.61. The van der Waals surface area contributed by atoms with Crippen LogP contribution in [-0.2, 0) is 4.79 Å². The molecule has 3 rings (SSSR count). The first-order valence-electron chi connectivity index (χ1n) is 7.31. The van der Waals surface area contributed by atoms with Gasteiger partial charge >= 0.3 is 0 Å². The maximum absolute atomic E-state index is 12.5. The number of thioether (sulfide) groups is 1. The zero-order valence-electron chi connectivity index (χ0n) is 13.4. The fraction of sp³-hybridized carbons (Fsp3) is 0.333. The SMILES string of the molecule is CCC(Sc1nnc(C)s1)C(=O)Nc1nc2ccc(OC)cc2s1. The Hall–Kier alpha value is -1.71. The van der Waals surface area contributed by atoms with E-state index in [9.17, 15) is 4.79 Å². The molecular formula is C15H16N4O2S3. The summed E-state index contributed by atoms with van der Waals surface area (Å²) in [6.07, 6.45) is 0.702. The lowest BCUT2D eigenvalue weighted by molar-refractivity contribution is -0.115. The molecule has 0 saturated carbocycles. The fourth-order valence-electron chi connectivity index (χ4n) is 2.04. The minimum atomic E-state index is -0.223. The average Bonchev–Trinajstić information content (AvgIpc) is 3.16. The Morgan fingerprint density at radius 1 is 1.38 bits per heavy atom. The summed E-state index contributed by atoms with van der Waals surface area (Å²) < 4.78 is 7.00. The Labute approximate surface area is 151 Å². The Morgan fingerprint density at radius 3 is 2.88 bits per heavy atom. The van der Waals surface area contributed by atoms with E-state index in [4.69, 9.17) is 4.74 Å². The number of aryl methyl sites for hydroxylation is 1. The average molecular weight is 381 g/mol. The van der Waals surface area contributed by atoms with Crippen LogP contribution in [0.3, 0.4) is 0 Å². The highest BCUT2D eigenvalue weighted by atomic mass is 32.2. The monoisotopic (exact) mass is 380 g/mol. The number of anilines is 1. The minimum Gasteiger partial charge on any atom is -0.497 e. The molecule has 0 bridgehead atoms. The molecule has 0 fully saturated rings. The topological polar surface area (TPSA) is 77.0 Å². The second-order valence-electron chi connectivity index (χ2n) is 4.94. The number of amides is 1. The Balaban J connectivity index is 1.72. The number of carbonyl (C=O) groups is 1. The van der Waals surface area contributed by atoms with E-state index in [1.54, 1.807) is 7.11 Å². The van der Waals surface area contributed by atoms with Crippen molar-refractivity contribution in [3.8, 4) is 5.75 Å². The highest BCUT2D eigenvalue weighted by Crippen LogP contribution is 2.31. The van der Waals surface area contributed by atoms with E-state index < -0.39 is 0 Å². The molecule has 2 heterocycles. The third-order valence-electron chi connectivity index (χ3n) is 3.24. The van der Waals surface area contributed by atoms with Gasteiger partial charge < -0.3 is 10.1 Å². The van der Waals surface area contributed by atoms with E-state index in [0.717, 1.165) is 25.3 Å². The van der Waals surface area contributed by atoms with Crippen molar-refractivity contribution < 1.29 is 9.53 Å². The number of nitrogens with zero attached hydrogens (tertiary/aromatic N) is 3. The normalized spacial score (nSPS) is 12.3. The van der Waals surface area contributed by atoms with Crippen molar-refractivity contribution in [2.75, 3.05) is 12.4 Å². The van der Waals surface area contributed by atoms with Crippen LogP contribution < -0.4 is 10.1 Å². The van der Waals surface area contributed by atoms with Crippen molar-refractivity contribution in [1.82, 2.24) is 15.2 Å². The lowest BCUT2D eigenvalue weighted by Crippen LogP contribution is -2.24. The van der Waals surface area contributed by atoms with Gasteiger partial charge in [-0.05, 0) is 31.5 Å². The van der Waals surface area contributed by atoms with Crippen LogP contribution in [0.25, 0.3) is 10.2 Å². The lowest BCUT2D eigenvalue weighted by Gasteiger charge is -2.11. The fourth-order valence-corrected chi connectivity index (χ4v) is 4.92. The molecule has 1 atom stereocenters. The summed E-state index contributed by atoms with van der Waals surface area (Å²) in [5, 5.41) is 12.2. The van der Waals surface area contributed by atoms with Crippen LogP contribution in [0.5, 0.6) is 5.75 Å². The summed E-state index contributed by atoms with van der Waals surface area (Å²) in [4.78, 5) is 17.0. The van der Waals surface area contributed by atoms with Gasteiger partial charge in [-0.3, -0.25) is 4.79 Å². The highest BCUT2D eigenvalue weighted by molar-refractivity contribution is 8.02. The Morgan fingerprint density at radius 2 is 2.21 bits per heavy atom. The van der Waals surface area contributed by atoms with Crippen LogP contribution in [0.15, 0.2) is 22.5 Å². The van der Waals surface area contributed by atoms with Gasteiger partial charge in [-0.25, -0.2) is 4.98 Å². The molecule has 1 N–H and O–H groups in total. The van der Waals surface area contributed by atoms with E-state index in [-0.39, 0.29) is 11.2 Å². The number of aromatic nitrogens is 3. The first kappa shape index (κ1) is 17.1. The number of hydrogen-bond donors (Lipinski definition) is 1. The molecule has 9 heteroatoms. The number of thiazole rings is 1. The van der Waals surface area contributed by atoms with Crippen LogP contribution in [0, 0.1) is 6.92 Å². The molecule has 0 aliphatic rings. The molecular weight excluding hydrogens is 364 g/mol. The molecule has 3 aromatic rings. The Bertz CT molecular complexity index is 861. The molecule has 2 aromatic heterocycles. The van der Waals surface area contributed by atoms with Crippen molar-refractivity contribution in [1.29, 1.82) is 0 Å².